The Morgan fingerprint density at radius 3 is 2.43 bits per heavy atom. The van der Waals surface area contributed by atoms with E-state index < -0.39 is 6.04 Å². The first-order chi connectivity index (χ1) is 10.9. The molecule has 0 fully saturated rings. The predicted molar refractivity (Wildman–Crippen MR) is 87.4 cm³/mol. The van der Waals surface area contributed by atoms with Crippen molar-refractivity contribution in [1.29, 1.82) is 0 Å². The molecule has 2 aromatic rings. The van der Waals surface area contributed by atoms with Gasteiger partial charge in [0, 0.05) is 13.6 Å². The molecule has 0 unspecified atom stereocenters. The van der Waals surface area contributed by atoms with Crippen molar-refractivity contribution in [2.45, 2.75) is 12.6 Å². The highest BCUT2D eigenvalue weighted by molar-refractivity contribution is 5.83. The summed E-state index contributed by atoms with van der Waals surface area (Å²) in [5.74, 6) is -0.334. The zero-order chi connectivity index (χ0) is 17.0. The molecule has 0 aliphatic carbocycles. The normalized spacial score (nSPS) is 12.2. The highest BCUT2D eigenvalue weighted by Gasteiger charge is 2.26. The van der Waals surface area contributed by atoms with E-state index in [1.54, 1.807) is 61.3 Å². The first-order valence-electron chi connectivity index (χ1n) is 7.33. The third-order valence-electron chi connectivity index (χ3n) is 3.62. The molecule has 1 atom stereocenters. The number of carbonyl (C=O) groups is 1. The number of carbonyl (C=O) groups excluding carboxylic acids is 1. The maximum atomic E-state index is 13.5. The van der Waals surface area contributed by atoms with Crippen molar-refractivity contribution in [3.05, 3.63) is 65.5 Å². The number of rotatable bonds is 5. The molecule has 0 bridgehead atoms. The van der Waals surface area contributed by atoms with Crippen LogP contribution in [0, 0.1) is 5.82 Å². The number of hydrogen-bond donors (Lipinski definition) is 1. The highest BCUT2D eigenvalue weighted by atomic mass is 19.1. The molecule has 2 rings (SSSR count). The number of halogens is 1. The molecule has 122 valence electrons. The average molecular weight is 316 g/mol. The molecular weight excluding hydrogens is 295 g/mol. The fourth-order valence-electron chi connectivity index (χ4n) is 2.55. The van der Waals surface area contributed by atoms with Crippen molar-refractivity contribution < 1.29 is 14.3 Å². The molecule has 0 radical (unpaired) electrons. The van der Waals surface area contributed by atoms with Crippen LogP contribution in [0.25, 0.3) is 0 Å². The summed E-state index contributed by atoms with van der Waals surface area (Å²) in [6, 6.07) is 12.3. The summed E-state index contributed by atoms with van der Waals surface area (Å²) in [5, 5.41) is 9.52. The van der Waals surface area contributed by atoms with Gasteiger partial charge in [-0.15, -0.1) is 0 Å². The van der Waals surface area contributed by atoms with E-state index in [-0.39, 0.29) is 17.5 Å². The van der Waals surface area contributed by atoms with Crippen LogP contribution in [0.3, 0.4) is 0 Å². The zero-order valence-electron chi connectivity index (χ0n) is 13.5. The summed E-state index contributed by atoms with van der Waals surface area (Å²) in [7, 11) is 5.27. The van der Waals surface area contributed by atoms with E-state index in [9.17, 15) is 14.3 Å². The van der Waals surface area contributed by atoms with Crippen LogP contribution < -0.4 is 0 Å². The van der Waals surface area contributed by atoms with Gasteiger partial charge in [0.15, 0.2) is 0 Å². The van der Waals surface area contributed by atoms with Gasteiger partial charge in [0.05, 0.1) is 0 Å². The average Bonchev–Trinajstić information content (AvgIpc) is 2.47. The second kappa shape index (κ2) is 7.24. The lowest BCUT2D eigenvalue weighted by atomic mass is 10.0. The van der Waals surface area contributed by atoms with Crippen LogP contribution in [0.5, 0.6) is 5.75 Å². The van der Waals surface area contributed by atoms with Gasteiger partial charge in [-0.1, -0.05) is 24.3 Å². The molecule has 0 heterocycles. The van der Waals surface area contributed by atoms with E-state index >= 15 is 0 Å². The molecule has 23 heavy (non-hydrogen) atoms. The van der Waals surface area contributed by atoms with Gasteiger partial charge in [0.2, 0.25) is 5.91 Å². The number of likely N-dealkylation sites (N-methyl/N-ethyl adjacent to an activating group) is 2. The van der Waals surface area contributed by atoms with Crippen LogP contribution in [0.1, 0.15) is 17.2 Å². The van der Waals surface area contributed by atoms with E-state index in [1.807, 2.05) is 6.07 Å². The molecular formula is C18H21FN2O2. The Morgan fingerprint density at radius 2 is 1.83 bits per heavy atom. The summed E-state index contributed by atoms with van der Waals surface area (Å²) < 4.78 is 13.5. The Hall–Kier alpha value is -2.40. The predicted octanol–water partition coefficient (Wildman–Crippen LogP) is 2.79. The number of benzene rings is 2. The van der Waals surface area contributed by atoms with Crippen LogP contribution in [0.2, 0.25) is 0 Å². The molecule has 0 spiro atoms. The van der Waals surface area contributed by atoms with Gasteiger partial charge in [-0.25, -0.2) is 4.39 Å². The Balaban J connectivity index is 2.20. The number of aromatic hydroxyl groups is 1. The van der Waals surface area contributed by atoms with Crippen LogP contribution in [-0.2, 0) is 11.3 Å². The molecule has 0 saturated carbocycles. The van der Waals surface area contributed by atoms with Crippen LogP contribution >= 0.6 is 0 Å². The fourth-order valence-corrected chi connectivity index (χ4v) is 2.55. The van der Waals surface area contributed by atoms with Gasteiger partial charge < -0.3 is 10.0 Å². The second-order valence-electron chi connectivity index (χ2n) is 5.79. The summed E-state index contributed by atoms with van der Waals surface area (Å²) in [6.45, 7) is 0.368. The van der Waals surface area contributed by atoms with E-state index in [0.717, 1.165) is 5.56 Å². The molecule has 2 aromatic carbocycles. The maximum absolute atomic E-state index is 13.5. The highest BCUT2D eigenvalue weighted by Crippen LogP contribution is 2.22. The number of hydrogen-bond acceptors (Lipinski definition) is 3. The lowest BCUT2D eigenvalue weighted by Gasteiger charge is -2.28. The summed E-state index contributed by atoms with van der Waals surface area (Å²) in [5.41, 5.74) is 1.44. The van der Waals surface area contributed by atoms with Crippen LogP contribution in [0.15, 0.2) is 48.5 Å². The molecule has 0 aliphatic rings. The first kappa shape index (κ1) is 17.0. The molecule has 0 aromatic heterocycles. The monoisotopic (exact) mass is 316 g/mol. The third-order valence-corrected chi connectivity index (χ3v) is 3.62. The topological polar surface area (TPSA) is 43.8 Å². The van der Waals surface area contributed by atoms with Gasteiger partial charge in [-0.2, -0.15) is 0 Å². The first-order valence-corrected chi connectivity index (χ1v) is 7.33. The lowest BCUT2D eigenvalue weighted by molar-refractivity contribution is -0.135. The van der Waals surface area contributed by atoms with Gasteiger partial charge in [-0.3, -0.25) is 9.69 Å². The lowest BCUT2D eigenvalue weighted by Crippen LogP contribution is -2.38. The van der Waals surface area contributed by atoms with E-state index in [1.165, 1.54) is 12.1 Å². The van der Waals surface area contributed by atoms with Gasteiger partial charge in [-0.05, 0) is 49.5 Å². The standard InChI is InChI=1S/C18H21FN2O2/c1-20(2)17(14-7-5-8-15(19)11-14)18(23)21(3)12-13-6-4-9-16(22)10-13/h4-11,17,22H,12H2,1-3H3/t17-/m1/s1. The minimum absolute atomic E-state index is 0.135. The van der Waals surface area contributed by atoms with Crippen LogP contribution in [0.4, 0.5) is 4.39 Å². The number of amides is 1. The minimum atomic E-state index is -0.562. The van der Waals surface area contributed by atoms with Gasteiger partial charge in [0.1, 0.15) is 17.6 Å². The zero-order valence-corrected chi connectivity index (χ0v) is 13.5. The van der Waals surface area contributed by atoms with Crippen molar-refractivity contribution in [2.24, 2.45) is 0 Å². The molecule has 0 saturated heterocycles. The Kier molecular flexibility index (Phi) is 5.34. The smallest absolute Gasteiger partial charge is 0.244 e. The van der Waals surface area contributed by atoms with E-state index in [2.05, 4.69) is 0 Å². The van der Waals surface area contributed by atoms with Crippen molar-refractivity contribution in [3.8, 4) is 5.75 Å². The molecule has 1 N–H and O–H groups in total. The quantitative estimate of drug-likeness (QED) is 0.922. The number of phenols is 1. The summed E-state index contributed by atoms with van der Waals surface area (Å²) >= 11 is 0. The largest absolute Gasteiger partial charge is 0.508 e. The minimum Gasteiger partial charge on any atom is -0.508 e. The van der Waals surface area contributed by atoms with Crippen molar-refractivity contribution >= 4 is 5.91 Å². The SMILES string of the molecule is CN(Cc1cccc(O)c1)C(=O)[C@@H](c1cccc(F)c1)N(C)C. The van der Waals surface area contributed by atoms with Crippen molar-refractivity contribution in [3.63, 3.8) is 0 Å². The maximum Gasteiger partial charge on any atom is 0.244 e. The van der Waals surface area contributed by atoms with Crippen molar-refractivity contribution in [2.75, 3.05) is 21.1 Å². The van der Waals surface area contributed by atoms with Gasteiger partial charge >= 0.3 is 0 Å². The molecule has 4 nitrogen and oxygen atoms in total. The Labute approximate surface area is 135 Å². The number of nitrogens with zero attached hydrogens (tertiary/aromatic N) is 2. The second-order valence-corrected chi connectivity index (χ2v) is 5.79. The Morgan fingerprint density at radius 1 is 1.13 bits per heavy atom. The molecule has 0 aliphatic heterocycles. The van der Waals surface area contributed by atoms with E-state index in [0.29, 0.717) is 12.1 Å². The van der Waals surface area contributed by atoms with Gasteiger partial charge in [0.25, 0.3) is 0 Å². The third kappa shape index (κ3) is 4.29. The molecule has 1 amide bonds. The van der Waals surface area contributed by atoms with Crippen molar-refractivity contribution in [1.82, 2.24) is 9.80 Å². The van der Waals surface area contributed by atoms with Crippen LogP contribution in [-0.4, -0.2) is 42.0 Å². The Bertz CT molecular complexity index is 688. The summed E-state index contributed by atoms with van der Waals surface area (Å²) in [6.07, 6.45) is 0. The summed E-state index contributed by atoms with van der Waals surface area (Å²) in [4.78, 5) is 16.1. The molecule has 5 heteroatoms. The fraction of sp³-hybridized carbons (Fsp3) is 0.278. The number of phenolic OH excluding ortho intramolecular Hbond substituents is 1. The van der Waals surface area contributed by atoms with E-state index in [4.69, 9.17) is 0 Å².